The molecule has 0 bridgehead atoms. The minimum atomic E-state index is -0.369. The molecule has 0 aliphatic heterocycles. The van der Waals surface area contributed by atoms with E-state index in [9.17, 15) is 10.1 Å². The van der Waals surface area contributed by atoms with Gasteiger partial charge in [-0.3, -0.25) is 10.1 Å². The van der Waals surface area contributed by atoms with Crippen molar-refractivity contribution in [2.75, 3.05) is 5.32 Å². The molecule has 20 heavy (non-hydrogen) atoms. The van der Waals surface area contributed by atoms with E-state index in [2.05, 4.69) is 15.3 Å². The van der Waals surface area contributed by atoms with E-state index in [4.69, 9.17) is 0 Å². The summed E-state index contributed by atoms with van der Waals surface area (Å²) in [6.45, 7) is 6.00. The monoisotopic (exact) mass is 272 g/mol. The molecule has 0 radical (unpaired) electrons. The molecule has 0 amide bonds. The fourth-order valence-electron chi connectivity index (χ4n) is 2.04. The van der Waals surface area contributed by atoms with Crippen LogP contribution in [0, 0.1) is 30.9 Å². The molecule has 6 nitrogen and oxygen atoms in total. The largest absolute Gasteiger partial charge is 0.350 e. The van der Waals surface area contributed by atoms with Crippen molar-refractivity contribution in [1.29, 1.82) is 0 Å². The lowest BCUT2D eigenvalue weighted by atomic mass is 10.1. The summed E-state index contributed by atoms with van der Waals surface area (Å²) in [5, 5.41) is 14.0. The van der Waals surface area contributed by atoms with Crippen LogP contribution in [0.4, 0.5) is 11.6 Å². The maximum Gasteiger partial charge on any atom is 0.272 e. The fourth-order valence-corrected chi connectivity index (χ4v) is 2.04. The second-order valence-corrected chi connectivity index (χ2v) is 4.65. The standard InChI is InChI=1S/C14H16N4O2/c1-9-7-10(2)17-14(16-9)15-8-12-5-4-6-13(11(12)3)18(19)20/h4-7H,8H2,1-3H3,(H,15,16,17). The fraction of sp³-hybridized carbons (Fsp3) is 0.286. The summed E-state index contributed by atoms with van der Waals surface area (Å²) in [5.74, 6) is 0.536. The zero-order valence-corrected chi connectivity index (χ0v) is 11.7. The van der Waals surface area contributed by atoms with Crippen molar-refractivity contribution < 1.29 is 4.92 Å². The third kappa shape index (κ3) is 3.09. The van der Waals surface area contributed by atoms with E-state index in [1.165, 1.54) is 6.07 Å². The zero-order chi connectivity index (χ0) is 14.7. The summed E-state index contributed by atoms with van der Waals surface area (Å²) in [6.07, 6.45) is 0. The Balaban J connectivity index is 2.19. The number of nitro groups is 1. The maximum absolute atomic E-state index is 10.9. The number of benzene rings is 1. The zero-order valence-electron chi connectivity index (χ0n) is 11.7. The van der Waals surface area contributed by atoms with Gasteiger partial charge in [0.25, 0.3) is 5.69 Å². The quantitative estimate of drug-likeness (QED) is 0.683. The summed E-state index contributed by atoms with van der Waals surface area (Å²) >= 11 is 0. The lowest BCUT2D eigenvalue weighted by Crippen LogP contribution is -2.07. The smallest absolute Gasteiger partial charge is 0.272 e. The van der Waals surface area contributed by atoms with Crippen LogP contribution in [-0.4, -0.2) is 14.9 Å². The minimum Gasteiger partial charge on any atom is -0.350 e. The van der Waals surface area contributed by atoms with Gasteiger partial charge in [0.15, 0.2) is 0 Å². The molecule has 1 N–H and O–H groups in total. The molecule has 0 saturated carbocycles. The van der Waals surface area contributed by atoms with E-state index < -0.39 is 0 Å². The van der Waals surface area contributed by atoms with Crippen molar-refractivity contribution in [2.45, 2.75) is 27.3 Å². The Morgan fingerprint density at radius 1 is 1.20 bits per heavy atom. The van der Waals surface area contributed by atoms with Crippen molar-refractivity contribution in [2.24, 2.45) is 0 Å². The normalized spacial score (nSPS) is 10.3. The summed E-state index contributed by atoms with van der Waals surface area (Å²) in [6, 6.07) is 6.94. The molecule has 0 spiro atoms. The molecule has 0 fully saturated rings. The van der Waals surface area contributed by atoms with Crippen molar-refractivity contribution in [3.05, 3.63) is 56.9 Å². The molecule has 6 heteroatoms. The molecular weight excluding hydrogens is 256 g/mol. The van der Waals surface area contributed by atoms with Crippen LogP contribution in [0.25, 0.3) is 0 Å². The number of rotatable bonds is 4. The first-order valence-corrected chi connectivity index (χ1v) is 6.26. The second-order valence-electron chi connectivity index (χ2n) is 4.65. The highest BCUT2D eigenvalue weighted by Gasteiger charge is 2.13. The molecule has 0 aliphatic rings. The van der Waals surface area contributed by atoms with Crippen LogP contribution < -0.4 is 5.32 Å². The SMILES string of the molecule is Cc1cc(C)nc(NCc2cccc([N+](=O)[O-])c2C)n1. The topological polar surface area (TPSA) is 81.0 Å². The Morgan fingerprint density at radius 3 is 2.45 bits per heavy atom. The van der Waals surface area contributed by atoms with Gasteiger partial charge in [0.2, 0.25) is 5.95 Å². The average molecular weight is 272 g/mol. The lowest BCUT2D eigenvalue weighted by Gasteiger charge is -2.09. The van der Waals surface area contributed by atoms with Crippen LogP contribution in [0.2, 0.25) is 0 Å². The second kappa shape index (κ2) is 5.64. The van der Waals surface area contributed by atoms with Gasteiger partial charge in [-0.2, -0.15) is 0 Å². The van der Waals surface area contributed by atoms with Crippen LogP contribution in [0.15, 0.2) is 24.3 Å². The number of aryl methyl sites for hydroxylation is 2. The molecule has 1 aromatic heterocycles. The highest BCUT2D eigenvalue weighted by Crippen LogP contribution is 2.21. The number of hydrogen-bond acceptors (Lipinski definition) is 5. The number of nitrogens with zero attached hydrogens (tertiary/aromatic N) is 3. The number of hydrogen-bond donors (Lipinski definition) is 1. The summed E-state index contributed by atoms with van der Waals surface area (Å²) in [4.78, 5) is 19.1. The predicted octanol–water partition coefficient (Wildman–Crippen LogP) is 2.92. The Morgan fingerprint density at radius 2 is 1.85 bits per heavy atom. The van der Waals surface area contributed by atoms with Gasteiger partial charge < -0.3 is 5.32 Å². The van der Waals surface area contributed by atoms with Crippen molar-refractivity contribution in [3.8, 4) is 0 Å². The van der Waals surface area contributed by atoms with Gasteiger partial charge in [0.05, 0.1) is 4.92 Å². The Labute approximate surface area is 117 Å². The van der Waals surface area contributed by atoms with Crippen LogP contribution in [0.3, 0.4) is 0 Å². The van der Waals surface area contributed by atoms with Crippen LogP contribution in [-0.2, 0) is 6.54 Å². The molecule has 0 atom stereocenters. The van der Waals surface area contributed by atoms with Crippen LogP contribution in [0.1, 0.15) is 22.5 Å². The van der Waals surface area contributed by atoms with Gasteiger partial charge in [-0.15, -0.1) is 0 Å². The molecular formula is C14H16N4O2. The average Bonchev–Trinajstić information content (AvgIpc) is 2.36. The first-order chi connectivity index (χ1) is 9.47. The molecule has 0 saturated heterocycles. The van der Waals surface area contributed by atoms with Crippen molar-refractivity contribution >= 4 is 11.6 Å². The van der Waals surface area contributed by atoms with Crippen LogP contribution >= 0.6 is 0 Å². The Kier molecular flexibility index (Phi) is 3.93. The third-order valence-electron chi connectivity index (χ3n) is 3.03. The minimum absolute atomic E-state index is 0.130. The third-order valence-corrected chi connectivity index (χ3v) is 3.03. The first kappa shape index (κ1) is 13.9. The van der Waals surface area contributed by atoms with Gasteiger partial charge >= 0.3 is 0 Å². The molecule has 2 rings (SSSR count). The summed E-state index contributed by atoms with van der Waals surface area (Å²) in [5.41, 5.74) is 3.42. The van der Waals surface area contributed by atoms with E-state index in [-0.39, 0.29) is 10.6 Å². The molecule has 1 heterocycles. The highest BCUT2D eigenvalue weighted by molar-refractivity contribution is 5.45. The summed E-state index contributed by atoms with van der Waals surface area (Å²) in [7, 11) is 0. The van der Waals surface area contributed by atoms with Gasteiger partial charge in [0.1, 0.15) is 0 Å². The van der Waals surface area contributed by atoms with E-state index in [0.29, 0.717) is 18.1 Å². The van der Waals surface area contributed by atoms with Crippen molar-refractivity contribution in [1.82, 2.24) is 9.97 Å². The van der Waals surface area contributed by atoms with E-state index >= 15 is 0 Å². The molecule has 2 aromatic rings. The highest BCUT2D eigenvalue weighted by atomic mass is 16.6. The maximum atomic E-state index is 10.9. The van der Waals surface area contributed by atoms with Crippen LogP contribution in [0.5, 0.6) is 0 Å². The number of nitrogens with one attached hydrogen (secondary N) is 1. The first-order valence-electron chi connectivity index (χ1n) is 6.26. The number of aromatic nitrogens is 2. The Bertz CT molecular complexity index is 635. The molecule has 104 valence electrons. The molecule has 1 aromatic carbocycles. The summed E-state index contributed by atoms with van der Waals surface area (Å²) < 4.78 is 0. The van der Waals surface area contributed by atoms with Gasteiger partial charge in [-0.05, 0) is 32.4 Å². The number of nitro benzene ring substituents is 1. The number of anilines is 1. The van der Waals surface area contributed by atoms with Gasteiger partial charge in [-0.25, -0.2) is 9.97 Å². The van der Waals surface area contributed by atoms with Gasteiger partial charge in [-0.1, -0.05) is 12.1 Å². The van der Waals surface area contributed by atoms with Crippen molar-refractivity contribution in [3.63, 3.8) is 0 Å². The van der Waals surface area contributed by atoms with Gasteiger partial charge in [0, 0.05) is 29.6 Å². The molecule has 0 unspecified atom stereocenters. The van der Waals surface area contributed by atoms with E-state index in [0.717, 1.165) is 17.0 Å². The Hall–Kier alpha value is -2.50. The molecule has 0 aliphatic carbocycles. The predicted molar refractivity (Wildman–Crippen MR) is 76.7 cm³/mol. The van der Waals surface area contributed by atoms with E-state index in [1.54, 1.807) is 13.0 Å². The lowest BCUT2D eigenvalue weighted by molar-refractivity contribution is -0.385. The van der Waals surface area contributed by atoms with E-state index in [1.807, 2.05) is 26.0 Å².